The summed E-state index contributed by atoms with van der Waals surface area (Å²) in [5.41, 5.74) is 0.816. The van der Waals surface area contributed by atoms with Crippen LogP contribution in [-0.4, -0.2) is 36.9 Å². The number of nitrogens with zero attached hydrogens (tertiary/aromatic N) is 4. The number of hydrogen-bond acceptors (Lipinski definition) is 5. The van der Waals surface area contributed by atoms with E-state index in [2.05, 4.69) is 15.1 Å². The molecule has 7 heteroatoms. The summed E-state index contributed by atoms with van der Waals surface area (Å²) in [5.74, 6) is 0.405. The quantitative estimate of drug-likeness (QED) is 0.591. The second-order valence-electron chi connectivity index (χ2n) is 3.04. The molecule has 0 amide bonds. The molecule has 2 heterocycles. The van der Waals surface area contributed by atoms with Gasteiger partial charge < -0.3 is 10.0 Å². The Balaban J connectivity index is 2.42. The summed E-state index contributed by atoms with van der Waals surface area (Å²) in [6, 6.07) is 1.76. The fourth-order valence-electron chi connectivity index (χ4n) is 1.22. The highest BCUT2D eigenvalue weighted by Gasteiger charge is 2.16. The molecule has 2 aromatic rings. The van der Waals surface area contributed by atoms with Crippen LogP contribution in [0.25, 0.3) is 5.95 Å². The fourth-order valence-corrected chi connectivity index (χ4v) is 1.22. The lowest BCUT2D eigenvalue weighted by Crippen LogP contribution is -2.33. The summed E-state index contributed by atoms with van der Waals surface area (Å²) in [5, 5.41) is 21.9. The standard InChI is InChI=1S/C8H9BN4O2/c1-6-7(9(14)15)5-10-8(12-6)13-4-2-3-11-13/h2-5,14-15H,1H3. The molecule has 0 spiro atoms. The van der Waals surface area contributed by atoms with Crippen molar-refractivity contribution >= 4 is 12.6 Å². The van der Waals surface area contributed by atoms with Crippen LogP contribution >= 0.6 is 0 Å². The molecule has 6 nitrogen and oxygen atoms in total. The molecule has 0 aliphatic carbocycles. The lowest BCUT2D eigenvalue weighted by Gasteiger charge is -2.05. The fraction of sp³-hybridized carbons (Fsp3) is 0.125. The zero-order chi connectivity index (χ0) is 10.8. The van der Waals surface area contributed by atoms with Crippen LogP contribution < -0.4 is 5.46 Å². The summed E-state index contributed by atoms with van der Waals surface area (Å²) in [6.07, 6.45) is 4.71. The van der Waals surface area contributed by atoms with Crippen molar-refractivity contribution in [2.45, 2.75) is 6.92 Å². The van der Waals surface area contributed by atoms with Crippen LogP contribution in [0.15, 0.2) is 24.7 Å². The third kappa shape index (κ3) is 1.88. The second-order valence-corrected chi connectivity index (χ2v) is 3.04. The third-order valence-corrected chi connectivity index (χ3v) is 1.99. The van der Waals surface area contributed by atoms with Gasteiger partial charge in [0.1, 0.15) is 0 Å². The maximum absolute atomic E-state index is 8.98. The van der Waals surface area contributed by atoms with Gasteiger partial charge in [0.2, 0.25) is 0 Å². The van der Waals surface area contributed by atoms with Gasteiger partial charge in [0.05, 0.1) is 0 Å². The van der Waals surface area contributed by atoms with Gasteiger partial charge in [-0.1, -0.05) is 0 Å². The molecule has 0 saturated heterocycles. The van der Waals surface area contributed by atoms with Crippen LogP contribution in [0, 0.1) is 6.92 Å². The Morgan fingerprint density at radius 3 is 2.73 bits per heavy atom. The van der Waals surface area contributed by atoms with Gasteiger partial charge >= 0.3 is 7.12 Å². The highest BCUT2D eigenvalue weighted by atomic mass is 16.4. The van der Waals surface area contributed by atoms with E-state index in [1.54, 1.807) is 25.4 Å². The third-order valence-electron chi connectivity index (χ3n) is 1.99. The Labute approximate surface area is 86.4 Å². The van der Waals surface area contributed by atoms with Gasteiger partial charge in [0, 0.05) is 29.7 Å². The Hall–Kier alpha value is -1.73. The van der Waals surface area contributed by atoms with Crippen LogP contribution in [0.3, 0.4) is 0 Å². The molecule has 0 bridgehead atoms. The van der Waals surface area contributed by atoms with Crippen molar-refractivity contribution in [3.63, 3.8) is 0 Å². The predicted molar refractivity (Wildman–Crippen MR) is 53.7 cm³/mol. The maximum Gasteiger partial charge on any atom is 0.491 e. The largest absolute Gasteiger partial charge is 0.491 e. The van der Waals surface area contributed by atoms with Crippen LogP contribution in [-0.2, 0) is 0 Å². The van der Waals surface area contributed by atoms with E-state index in [0.29, 0.717) is 17.1 Å². The molecule has 0 unspecified atom stereocenters. The summed E-state index contributed by atoms with van der Waals surface area (Å²) in [7, 11) is -1.54. The van der Waals surface area contributed by atoms with E-state index in [-0.39, 0.29) is 0 Å². The van der Waals surface area contributed by atoms with Crippen LogP contribution in [0.4, 0.5) is 0 Å². The topological polar surface area (TPSA) is 84.1 Å². The number of rotatable bonds is 2. The average molecular weight is 204 g/mol. The van der Waals surface area contributed by atoms with Crippen molar-refractivity contribution in [2.75, 3.05) is 0 Å². The smallest absolute Gasteiger partial charge is 0.423 e. The molecule has 0 aliphatic rings. The second kappa shape index (κ2) is 3.80. The SMILES string of the molecule is Cc1nc(-n2cccn2)ncc1B(O)O. The number of aromatic nitrogens is 4. The highest BCUT2D eigenvalue weighted by molar-refractivity contribution is 6.58. The van der Waals surface area contributed by atoms with Crippen molar-refractivity contribution in [1.29, 1.82) is 0 Å². The van der Waals surface area contributed by atoms with E-state index in [1.807, 2.05) is 0 Å². The van der Waals surface area contributed by atoms with Gasteiger partial charge in [-0.15, -0.1) is 0 Å². The minimum atomic E-state index is -1.54. The summed E-state index contributed by atoms with van der Waals surface area (Å²) in [4.78, 5) is 8.08. The first kappa shape index (κ1) is 9.82. The molecule has 0 atom stereocenters. The molecule has 2 rings (SSSR count). The minimum absolute atomic E-state index is 0.297. The minimum Gasteiger partial charge on any atom is -0.423 e. The zero-order valence-corrected chi connectivity index (χ0v) is 8.07. The molecule has 76 valence electrons. The van der Waals surface area contributed by atoms with Crippen LogP contribution in [0.5, 0.6) is 0 Å². The summed E-state index contributed by atoms with van der Waals surface area (Å²) >= 11 is 0. The Morgan fingerprint density at radius 1 is 1.40 bits per heavy atom. The van der Waals surface area contributed by atoms with Gasteiger partial charge in [-0.25, -0.2) is 14.6 Å². The molecule has 2 aromatic heterocycles. The van der Waals surface area contributed by atoms with E-state index < -0.39 is 7.12 Å². The number of aryl methyl sites for hydroxylation is 1. The van der Waals surface area contributed by atoms with Crippen molar-refractivity contribution in [3.8, 4) is 5.95 Å². The van der Waals surface area contributed by atoms with Gasteiger partial charge in [-0.05, 0) is 13.0 Å². The zero-order valence-electron chi connectivity index (χ0n) is 8.07. The van der Waals surface area contributed by atoms with E-state index in [0.717, 1.165) is 0 Å². The lowest BCUT2D eigenvalue weighted by atomic mass is 9.80. The average Bonchev–Trinajstić information content (AvgIpc) is 2.69. The van der Waals surface area contributed by atoms with Crippen LogP contribution in [0.2, 0.25) is 0 Å². The van der Waals surface area contributed by atoms with Gasteiger partial charge in [0.25, 0.3) is 5.95 Å². The van der Waals surface area contributed by atoms with Crippen LogP contribution in [0.1, 0.15) is 5.69 Å². The molecule has 15 heavy (non-hydrogen) atoms. The highest BCUT2D eigenvalue weighted by Crippen LogP contribution is 1.98. The molecule has 0 radical (unpaired) electrons. The van der Waals surface area contributed by atoms with Gasteiger partial charge in [0.15, 0.2) is 0 Å². The molecule has 0 fully saturated rings. The Kier molecular flexibility index (Phi) is 2.48. The summed E-state index contributed by atoms with van der Waals surface area (Å²) in [6.45, 7) is 1.68. The van der Waals surface area contributed by atoms with E-state index >= 15 is 0 Å². The predicted octanol–water partition coefficient (Wildman–Crippen LogP) is -1.35. The van der Waals surface area contributed by atoms with Crippen molar-refractivity contribution in [3.05, 3.63) is 30.4 Å². The molecule has 0 aliphatic heterocycles. The normalized spacial score (nSPS) is 10.3. The first-order chi connectivity index (χ1) is 7.18. The van der Waals surface area contributed by atoms with E-state index in [1.165, 1.54) is 10.9 Å². The van der Waals surface area contributed by atoms with Crippen molar-refractivity contribution in [2.24, 2.45) is 0 Å². The first-order valence-electron chi connectivity index (χ1n) is 4.38. The first-order valence-corrected chi connectivity index (χ1v) is 4.38. The van der Waals surface area contributed by atoms with Gasteiger partial charge in [-0.3, -0.25) is 0 Å². The monoisotopic (exact) mass is 204 g/mol. The Morgan fingerprint density at radius 2 is 2.20 bits per heavy atom. The molecular weight excluding hydrogens is 195 g/mol. The molecular formula is C8H9BN4O2. The molecule has 0 saturated carbocycles. The van der Waals surface area contributed by atoms with E-state index in [4.69, 9.17) is 10.0 Å². The molecule has 2 N–H and O–H groups in total. The Bertz CT molecular complexity index is 458. The molecule has 0 aromatic carbocycles. The van der Waals surface area contributed by atoms with Crippen molar-refractivity contribution < 1.29 is 10.0 Å². The number of hydrogen-bond donors (Lipinski definition) is 2. The summed E-state index contributed by atoms with van der Waals surface area (Å²) < 4.78 is 1.50. The van der Waals surface area contributed by atoms with Gasteiger partial charge in [-0.2, -0.15) is 5.10 Å². The maximum atomic E-state index is 8.98. The lowest BCUT2D eigenvalue weighted by molar-refractivity contribution is 0.425. The van der Waals surface area contributed by atoms with Crippen molar-refractivity contribution in [1.82, 2.24) is 19.7 Å². The van der Waals surface area contributed by atoms with E-state index in [9.17, 15) is 0 Å².